The van der Waals surface area contributed by atoms with E-state index in [2.05, 4.69) is 11.4 Å². The molecule has 0 aliphatic carbocycles. The van der Waals surface area contributed by atoms with Crippen LogP contribution in [-0.4, -0.2) is 30.6 Å². The van der Waals surface area contributed by atoms with E-state index in [0.29, 0.717) is 5.75 Å². The van der Waals surface area contributed by atoms with Crippen LogP contribution in [-0.2, 0) is 14.3 Å². The van der Waals surface area contributed by atoms with Crippen LogP contribution in [0.3, 0.4) is 0 Å². The van der Waals surface area contributed by atoms with Gasteiger partial charge in [-0.25, -0.2) is 4.79 Å². The molecule has 0 bridgehead atoms. The first-order valence-corrected chi connectivity index (χ1v) is 7.34. The number of nitrogens with one attached hydrogen (secondary N) is 1. The fourth-order valence-corrected chi connectivity index (χ4v) is 1.66. The van der Waals surface area contributed by atoms with Gasteiger partial charge in [-0.15, -0.1) is 0 Å². The molecule has 1 rings (SSSR count). The molecule has 23 heavy (non-hydrogen) atoms. The molecule has 0 heterocycles. The highest BCUT2D eigenvalue weighted by Gasteiger charge is 2.30. The Balaban J connectivity index is 2.38. The summed E-state index contributed by atoms with van der Waals surface area (Å²) >= 11 is 0. The molecule has 0 spiro atoms. The number of esters is 1. The smallest absolute Gasteiger partial charge is 0.344 e. The number of carbonyl (C=O) groups excluding carboxylic acids is 2. The lowest BCUT2D eigenvalue weighted by molar-refractivity contribution is -0.150. The van der Waals surface area contributed by atoms with E-state index >= 15 is 0 Å². The molecule has 1 amide bonds. The lowest BCUT2D eigenvalue weighted by atomic mass is 9.90. The van der Waals surface area contributed by atoms with Crippen LogP contribution in [0.4, 0.5) is 0 Å². The fraction of sp³-hybridized carbons (Fsp3) is 0.471. The lowest BCUT2D eigenvalue weighted by Gasteiger charge is -2.27. The Morgan fingerprint density at radius 1 is 1.35 bits per heavy atom. The Kier molecular flexibility index (Phi) is 6.58. The van der Waals surface area contributed by atoms with Crippen molar-refractivity contribution in [2.75, 3.05) is 13.2 Å². The predicted molar refractivity (Wildman–Crippen MR) is 84.6 cm³/mol. The first-order valence-electron chi connectivity index (χ1n) is 7.34. The number of nitrogens with zero attached hydrogens (tertiary/aromatic N) is 1. The Morgan fingerprint density at radius 3 is 2.61 bits per heavy atom. The summed E-state index contributed by atoms with van der Waals surface area (Å²) in [6.45, 7) is 6.46. The highest BCUT2D eigenvalue weighted by Crippen LogP contribution is 2.15. The second kappa shape index (κ2) is 8.18. The van der Waals surface area contributed by atoms with Crippen LogP contribution < -0.4 is 10.1 Å². The normalized spacial score (nSPS) is 12.9. The summed E-state index contributed by atoms with van der Waals surface area (Å²) in [7, 11) is 0. The molecule has 1 atom stereocenters. The van der Waals surface area contributed by atoms with Crippen LogP contribution in [0.2, 0.25) is 0 Å². The number of aryl methyl sites for hydroxylation is 1. The van der Waals surface area contributed by atoms with Gasteiger partial charge in [0.15, 0.2) is 13.2 Å². The molecule has 0 saturated heterocycles. The summed E-state index contributed by atoms with van der Waals surface area (Å²) in [5.41, 5.74) is 0.0152. The number of amides is 1. The minimum atomic E-state index is -0.998. The van der Waals surface area contributed by atoms with Gasteiger partial charge in [-0.2, -0.15) is 5.26 Å². The van der Waals surface area contributed by atoms with Gasteiger partial charge in [-0.1, -0.05) is 26.0 Å². The molecule has 0 aliphatic heterocycles. The molecule has 0 radical (unpaired) electrons. The fourth-order valence-electron chi connectivity index (χ4n) is 1.66. The minimum absolute atomic E-state index is 0.0724. The number of hydrogen-bond donors (Lipinski definition) is 1. The lowest BCUT2D eigenvalue weighted by Crippen LogP contribution is -2.50. The summed E-state index contributed by atoms with van der Waals surface area (Å²) in [6.07, 6.45) is 0. The van der Waals surface area contributed by atoms with Gasteiger partial charge in [0, 0.05) is 0 Å². The van der Waals surface area contributed by atoms with E-state index in [0.717, 1.165) is 5.56 Å². The van der Waals surface area contributed by atoms with E-state index in [9.17, 15) is 9.59 Å². The Labute approximate surface area is 136 Å². The summed E-state index contributed by atoms with van der Waals surface area (Å²) in [4.78, 5) is 23.3. The van der Waals surface area contributed by atoms with Gasteiger partial charge in [0.2, 0.25) is 0 Å². The number of carbonyl (C=O) groups is 2. The molecule has 0 saturated carbocycles. The summed E-state index contributed by atoms with van der Waals surface area (Å²) < 4.78 is 10.1. The average molecular weight is 318 g/mol. The summed E-state index contributed by atoms with van der Waals surface area (Å²) in [6, 6.07) is 9.30. The van der Waals surface area contributed by atoms with Gasteiger partial charge < -0.3 is 14.8 Å². The molecule has 1 N–H and O–H groups in total. The van der Waals surface area contributed by atoms with Gasteiger partial charge >= 0.3 is 5.97 Å². The van der Waals surface area contributed by atoms with E-state index in [1.165, 1.54) is 0 Å². The number of rotatable bonds is 7. The van der Waals surface area contributed by atoms with Crippen LogP contribution in [0.25, 0.3) is 0 Å². The summed E-state index contributed by atoms with van der Waals surface area (Å²) in [5.74, 6) is -0.684. The van der Waals surface area contributed by atoms with Crippen LogP contribution in [0.15, 0.2) is 24.3 Å². The van der Waals surface area contributed by atoms with Crippen molar-refractivity contribution >= 4 is 11.9 Å². The molecule has 0 fully saturated rings. The van der Waals surface area contributed by atoms with E-state index in [1.54, 1.807) is 19.1 Å². The van der Waals surface area contributed by atoms with Crippen molar-refractivity contribution < 1.29 is 19.1 Å². The first-order chi connectivity index (χ1) is 10.8. The average Bonchev–Trinajstić information content (AvgIpc) is 2.50. The molecule has 1 aromatic rings. The van der Waals surface area contributed by atoms with E-state index in [4.69, 9.17) is 14.7 Å². The monoisotopic (exact) mass is 318 g/mol. The number of hydrogen-bond acceptors (Lipinski definition) is 5. The zero-order valence-electron chi connectivity index (χ0n) is 13.9. The molecule has 1 aromatic carbocycles. The largest absolute Gasteiger partial charge is 0.482 e. The maximum Gasteiger partial charge on any atom is 0.344 e. The second-order valence-electron chi connectivity index (χ2n) is 5.78. The minimum Gasteiger partial charge on any atom is -0.482 e. The van der Waals surface area contributed by atoms with Crippen LogP contribution in [0.1, 0.15) is 26.3 Å². The van der Waals surface area contributed by atoms with Crippen molar-refractivity contribution in [1.82, 2.24) is 5.32 Å². The number of benzene rings is 1. The van der Waals surface area contributed by atoms with Gasteiger partial charge in [-0.05, 0) is 37.5 Å². The van der Waals surface area contributed by atoms with Gasteiger partial charge in [0.25, 0.3) is 5.91 Å². The molecule has 124 valence electrons. The first kappa shape index (κ1) is 18.5. The third-order valence-electron chi connectivity index (χ3n) is 3.50. The van der Waals surface area contributed by atoms with Crippen molar-refractivity contribution in [2.45, 2.75) is 33.2 Å². The summed E-state index contributed by atoms with van der Waals surface area (Å²) in [5, 5.41) is 11.7. The van der Waals surface area contributed by atoms with Gasteiger partial charge in [0.05, 0.1) is 6.07 Å². The van der Waals surface area contributed by atoms with Crippen LogP contribution >= 0.6 is 0 Å². The quantitative estimate of drug-likeness (QED) is 0.777. The SMILES string of the molecule is Cc1cccc(OCC(=O)OCC(=O)NC(C)(C#N)C(C)C)c1. The Bertz CT molecular complexity index is 607. The molecule has 6 nitrogen and oxygen atoms in total. The van der Waals surface area contributed by atoms with Crippen molar-refractivity contribution in [1.29, 1.82) is 5.26 Å². The Hall–Kier alpha value is -2.55. The van der Waals surface area contributed by atoms with E-state index in [-0.39, 0.29) is 12.5 Å². The zero-order chi connectivity index (χ0) is 17.5. The zero-order valence-corrected chi connectivity index (χ0v) is 13.9. The standard InChI is InChI=1S/C17H22N2O4/c1-12(2)17(4,11-18)19-15(20)9-23-16(21)10-22-14-7-5-6-13(3)8-14/h5-8,12H,9-10H2,1-4H3,(H,19,20). The third-order valence-corrected chi connectivity index (χ3v) is 3.50. The highest BCUT2D eigenvalue weighted by molar-refractivity contribution is 5.81. The maximum atomic E-state index is 11.8. The molecular formula is C17H22N2O4. The number of nitriles is 1. The van der Waals surface area contributed by atoms with Crippen molar-refractivity contribution in [2.24, 2.45) is 5.92 Å². The molecular weight excluding hydrogens is 296 g/mol. The van der Waals surface area contributed by atoms with Gasteiger partial charge in [0.1, 0.15) is 11.3 Å². The Morgan fingerprint density at radius 2 is 2.04 bits per heavy atom. The van der Waals surface area contributed by atoms with Crippen molar-refractivity contribution in [3.8, 4) is 11.8 Å². The van der Waals surface area contributed by atoms with Crippen molar-refractivity contribution in [3.63, 3.8) is 0 Å². The number of ether oxygens (including phenoxy) is 2. The topological polar surface area (TPSA) is 88.4 Å². The van der Waals surface area contributed by atoms with Gasteiger partial charge in [-0.3, -0.25) is 4.79 Å². The molecule has 0 aromatic heterocycles. The van der Waals surface area contributed by atoms with Crippen molar-refractivity contribution in [3.05, 3.63) is 29.8 Å². The highest BCUT2D eigenvalue weighted by atomic mass is 16.6. The molecule has 0 aliphatic rings. The molecule has 1 unspecified atom stereocenters. The van der Waals surface area contributed by atoms with E-state index < -0.39 is 24.0 Å². The maximum absolute atomic E-state index is 11.8. The third kappa shape index (κ3) is 5.99. The second-order valence-corrected chi connectivity index (χ2v) is 5.78. The van der Waals surface area contributed by atoms with E-state index in [1.807, 2.05) is 32.9 Å². The van der Waals surface area contributed by atoms with Crippen LogP contribution in [0, 0.1) is 24.2 Å². The van der Waals surface area contributed by atoms with Crippen LogP contribution in [0.5, 0.6) is 5.75 Å². The molecule has 6 heteroatoms. The predicted octanol–water partition coefficient (Wildman–Crippen LogP) is 1.97.